The number of hydrogen-bond donors (Lipinski definition) is 1. The van der Waals surface area contributed by atoms with E-state index in [-0.39, 0.29) is 0 Å². The Morgan fingerprint density at radius 1 is 1.38 bits per heavy atom. The van der Waals surface area contributed by atoms with Crippen molar-refractivity contribution in [1.82, 2.24) is 0 Å². The van der Waals surface area contributed by atoms with Gasteiger partial charge in [0.25, 0.3) is 0 Å². The van der Waals surface area contributed by atoms with Gasteiger partial charge >= 0.3 is 0 Å². The van der Waals surface area contributed by atoms with Gasteiger partial charge in [0.05, 0.1) is 23.7 Å². The van der Waals surface area contributed by atoms with Gasteiger partial charge in [0.1, 0.15) is 6.07 Å². The Labute approximate surface area is 84.5 Å². The van der Waals surface area contributed by atoms with Crippen LogP contribution in [0.4, 0.5) is 5.69 Å². The molecule has 13 heavy (non-hydrogen) atoms. The highest BCUT2D eigenvalue weighted by atomic mass is 79.9. The van der Waals surface area contributed by atoms with Gasteiger partial charge < -0.3 is 5.73 Å². The summed E-state index contributed by atoms with van der Waals surface area (Å²) in [6, 6.07) is 7.37. The van der Waals surface area contributed by atoms with Crippen molar-refractivity contribution in [3.63, 3.8) is 0 Å². The SMILES string of the molecule is N#CCc1cc(N)c(C#N)c(Br)c1. The predicted molar refractivity (Wildman–Crippen MR) is 52.6 cm³/mol. The summed E-state index contributed by atoms with van der Waals surface area (Å²) in [6.07, 6.45) is 0.300. The summed E-state index contributed by atoms with van der Waals surface area (Å²) in [7, 11) is 0. The highest BCUT2D eigenvalue weighted by Gasteiger charge is 2.05. The van der Waals surface area contributed by atoms with Gasteiger partial charge in [0.15, 0.2) is 0 Å². The number of anilines is 1. The molecule has 4 heteroatoms. The van der Waals surface area contributed by atoms with Gasteiger partial charge in [-0.25, -0.2) is 0 Å². The van der Waals surface area contributed by atoms with Crippen LogP contribution in [0.25, 0.3) is 0 Å². The molecule has 1 aromatic carbocycles. The molecular weight excluding hydrogens is 230 g/mol. The third-order valence-corrected chi connectivity index (χ3v) is 2.20. The number of benzene rings is 1. The van der Waals surface area contributed by atoms with Crippen molar-refractivity contribution in [3.05, 3.63) is 27.7 Å². The van der Waals surface area contributed by atoms with E-state index in [4.69, 9.17) is 16.3 Å². The molecule has 0 fully saturated rings. The predicted octanol–water partition coefficient (Wildman–Crippen LogP) is 1.97. The molecule has 0 aliphatic heterocycles. The summed E-state index contributed by atoms with van der Waals surface area (Å²) in [4.78, 5) is 0. The summed E-state index contributed by atoms with van der Waals surface area (Å²) in [5.74, 6) is 0. The molecule has 0 aromatic heterocycles. The highest BCUT2D eigenvalue weighted by Crippen LogP contribution is 2.24. The first-order chi connectivity index (χ1) is 6.19. The van der Waals surface area contributed by atoms with E-state index in [1.807, 2.05) is 12.1 Å². The van der Waals surface area contributed by atoms with E-state index in [1.165, 1.54) is 0 Å². The first-order valence-corrected chi connectivity index (χ1v) is 4.33. The molecule has 0 amide bonds. The largest absolute Gasteiger partial charge is 0.398 e. The second kappa shape index (κ2) is 3.93. The average Bonchev–Trinajstić information content (AvgIpc) is 2.04. The molecule has 0 aliphatic rings. The summed E-state index contributed by atoms with van der Waals surface area (Å²) < 4.78 is 0.639. The van der Waals surface area contributed by atoms with Crippen LogP contribution in [0, 0.1) is 22.7 Å². The van der Waals surface area contributed by atoms with E-state index in [0.717, 1.165) is 5.56 Å². The van der Waals surface area contributed by atoms with Crippen molar-refractivity contribution in [2.75, 3.05) is 5.73 Å². The number of rotatable bonds is 1. The van der Waals surface area contributed by atoms with Gasteiger partial charge in [0.2, 0.25) is 0 Å². The Morgan fingerprint density at radius 2 is 2.08 bits per heavy atom. The Balaban J connectivity index is 3.24. The summed E-state index contributed by atoms with van der Waals surface area (Å²) in [5.41, 5.74) is 7.24. The molecule has 0 heterocycles. The number of halogens is 1. The maximum atomic E-state index is 8.70. The molecular formula is C9H6BrN3. The Morgan fingerprint density at radius 3 is 2.54 bits per heavy atom. The Hall–Kier alpha value is -1.52. The van der Waals surface area contributed by atoms with Crippen LogP contribution >= 0.6 is 15.9 Å². The van der Waals surface area contributed by atoms with Crippen LogP contribution in [0.3, 0.4) is 0 Å². The molecule has 2 N–H and O–H groups in total. The molecule has 0 aliphatic carbocycles. The third kappa shape index (κ3) is 1.99. The minimum Gasteiger partial charge on any atom is -0.398 e. The molecule has 0 radical (unpaired) electrons. The smallest absolute Gasteiger partial charge is 0.102 e. The highest BCUT2D eigenvalue weighted by molar-refractivity contribution is 9.10. The van der Waals surface area contributed by atoms with E-state index in [1.54, 1.807) is 12.1 Å². The first kappa shape index (κ1) is 9.57. The van der Waals surface area contributed by atoms with E-state index in [0.29, 0.717) is 22.1 Å². The number of nitrogens with zero attached hydrogens (tertiary/aromatic N) is 2. The standard InChI is InChI=1S/C9H6BrN3/c10-8-3-6(1-2-11)4-9(13)7(8)5-12/h3-4H,1,13H2. The van der Waals surface area contributed by atoms with Crippen molar-refractivity contribution < 1.29 is 0 Å². The average molecular weight is 236 g/mol. The van der Waals surface area contributed by atoms with E-state index in [2.05, 4.69) is 15.9 Å². The van der Waals surface area contributed by atoms with Gasteiger partial charge in [0, 0.05) is 4.47 Å². The second-order valence-electron chi connectivity index (χ2n) is 2.49. The van der Waals surface area contributed by atoms with Gasteiger partial charge in [-0.2, -0.15) is 10.5 Å². The maximum Gasteiger partial charge on any atom is 0.102 e. The number of hydrogen-bond acceptors (Lipinski definition) is 3. The lowest BCUT2D eigenvalue weighted by atomic mass is 10.1. The minimum atomic E-state index is 0.300. The van der Waals surface area contributed by atoms with Crippen LogP contribution in [0.2, 0.25) is 0 Å². The number of nitrogen functional groups attached to an aromatic ring is 1. The van der Waals surface area contributed by atoms with E-state index >= 15 is 0 Å². The molecule has 0 atom stereocenters. The zero-order valence-corrected chi connectivity index (χ0v) is 8.30. The molecule has 0 saturated carbocycles. The fraction of sp³-hybridized carbons (Fsp3) is 0.111. The van der Waals surface area contributed by atoms with Crippen molar-refractivity contribution in [3.8, 4) is 12.1 Å². The zero-order chi connectivity index (χ0) is 9.84. The zero-order valence-electron chi connectivity index (χ0n) is 6.71. The minimum absolute atomic E-state index is 0.300. The maximum absolute atomic E-state index is 8.70. The first-order valence-electron chi connectivity index (χ1n) is 3.54. The van der Waals surface area contributed by atoms with Crippen molar-refractivity contribution in [2.45, 2.75) is 6.42 Å². The van der Waals surface area contributed by atoms with Crippen molar-refractivity contribution in [1.29, 1.82) is 10.5 Å². The molecule has 0 bridgehead atoms. The van der Waals surface area contributed by atoms with Crippen LogP contribution in [0.5, 0.6) is 0 Å². The lowest BCUT2D eigenvalue weighted by Crippen LogP contribution is -1.94. The molecule has 0 spiro atoms. The van der Waals surface area contributed by atoms with Crippen LogP contribution < -0.4 is 5.73 Å². The monoisotopic (exact) mass is 235 g/mol. The Bertz CT molecular complexity index is 389. The quantitative estimate of drug-likeness (QED) is 0.757. The molecule has 1 rings (SSSR count). The van der Waals surface area contributed by atoms with Crippen LogP contribution in [0.1, 0.15) is 11.1 Å². The summed E-state index contributed by atoms with van der Waals surface area (Å²) in [6.45, 7) is 0. The molecule has 3 nitrogen and oxygen atoms in total. The lowest BCUT2D eigenvalue weighted by Gasteiger charge is -2.02. The van der Waals surface area contributed by atoms with Gasteiger partial charge in [-0.15, -0.1) is 0 Å². The third-order valence-electron chi connectivity index (χ3n) is 1.58. The van der Waals surface area contributed by atoms with Crippen LogP contribution in [-0.2, 0) is 6.42 Å². The van der Waals surface area contributed by atoms with Gasteiger partial charge in [-0.1, -0.05) is 0 Å². The van der Waals surface area contributed by atoms with Crippen molar-refractivity contribution in [2.24, 2.45) is 0 Å². The van der Waals surface area contributed by atoms with Crippen LogP contribution in [-0.4, -0.2) is 0 Å². The van der Waals surface area contributed by atoms with Crippen LogP contribution in [0.15, 0.2) is 16.6 Å². The van der Waals surface area contributed by atoms with Gasteiger partial charge in [-0.3, -0.25) is 0 Å². The lowest BCUT2D eigenvalue weighted by molar-refractivity contribution is 1.25. The fourth-order valence-corrected chi connectivity index (χ4v) is 1.61. The Kier molecular flexibility index (Phi) is 2.89. The van der Waals surface area contributed by atoms with E-state index < -0.39 is 0 Å². The normalized spacial score (nSPS) is 8.85. The summed E-state index contributed by atoms with van der Waals surface area (Å²) >= 11 is 3.22. The molecule has 1 aromatic rings. The second-order valence-corrected chi connectivity index (χ2v) is 3.34. The number of nitrogens with two attached hydrogens (primary N) is 1. The molecule has 0 saturated heterocycles. The fourth-order valence-electron chi connectivity index (χ4n) is 0.998. The van der Waals surface area contributed by atoms with Crippen molar-refractivity contribution >= 4 is 21.6 Å². The molecule has 0 unspecified atom stereocenters. The topological polar surface area (TPSA) is 73.6 Å². The van der Waals surface area contributed by atoms with Gasteiger partial charge in [-0.05, 0) is 33.6 Å². The molecule has 64 valence electrons. The summed E-state index contributed by atoms with van der Waals surface area (Å²) in [5, 5.41) is 17.2. The number of nitriles is 2. The van der Waals surface area contributed by atoms with E-state index in [9.17, 15) is 0 Å².